The number of carboxylic acid groups (broad SMARTS) is 1. The smallest absolute Gasteiger partial charge is 0.328 e. The zero-order chi connectivity index (χ0) is 44.0. The van der Waals surface area contributed by atoms with Gasteiger partial charge in [-0.25, -0.2) is 4.79 Å². The van der Waals surface area contributed by atoms with E-state index in [4.69, 9.17) is 14.9 Å². The number of allylic oxidation sites excluding steroid dienone is 19. The van der Waals surface area contributed by atoms with Crippen LogP contribution in [0.4, 0.5) is 0 Å². The summed E-state index contributed by atoms with van der Waals surface area (Å²) in [4.78, 5) is 47.6. The normalized spacial score (nSPS) is 13.7. The van der Waals surface area contributed by atoms with Gasteiger partial charge in [0.15, 0.2) is 0 Å². The van der Waals surface area contributed by atoms with Crippen LogP contribution >= 0.6 is 0 Å². The van der Waals surface area contributed by atoms with Crippen molar-refractivity contribution in [1.29, 1.82) is 0 Å². The van der Waals surface area contributed by atoms with E-state index in [0.717, 1.165) is 116 Å². The van der Waals surface area contributed by atoms with Gasteiger partial charge in [0.05, 0.1) is 13.2 Å². The van der Waals surface area contributed by atoms with Crippen LogP contribution < -0.4 is 10.6 Å². The minimum Gasteiger partial charge on any atom is -0.480 e. The maximum Gasteiger partial charge on any atom is 0.328 e. The van der Waals surface area contributed by atoms with Gasteiger partial charge in [-0.2, -0.15) is 0 Å². The number of carbonyl (C=O) groups is 4. The van der Waals surface area contributed by atoms with Crippen molar-refractivity contribution in [1.82, 2.24) is 10.6 Å². The number of carboxylic acids is 1. The molecule has 0 aliphatic carbocycles. The monoisotopic (exact) mass is 831 g/mol. The molecule has 0 heterocycles. The molecule has 0 radical (unpaired) electrons. The molecule has 0 rings (SSSR count). The second-order valence-corrected chi connectivity index (χ2v) is 14.4. The first-order chi connectivity index (χ1) is 29.3. The third-order valence-electron chi connectivity index (χ3n) is 8.94. The molecule has 0 spiro atoms. The maximum atomic E-state index is 12.8. The van der Waals surface area contributed by atoms with Crippen LogP contribution in [0.1, 0.15) is 149 Å². The second kappa shape index (κ2) is 43.8. The number of aliphatic hydroxyl groups is 1. The average molecular weight is 831 g/mol. The van der Waals surface area contributed by atoms with E-state index < -0.39 is 24.5 Å². The van der Waals surface area contributed by atoms with Crippen molar-refractivity contribution < 1.29 is 34.1 Å². The summed E-state index contributed by atoms with van der Waals surface area (Å²) >= 11 is 0. The molecule has 0 bridgehead atoms. The molecule has 0 saturated carbocycles. The van der Waals surface area contributed by atoms with Gasteiger partial charge >= 0.3 is 11.9 Å². The Hall–Kier alpha value is -4.76. The number of esters is 1. The van der Waals surface area contributed by atoms with Crippen LogP contribution in [-0.4, -0.2) is 59.3 Å². The number of hydrogen-bond donors (Lipinski definition) is 4. The molecule has 9 heteroatoms. The number of hydrogen-bond acceptors (Lipinski definition) is 6. The van der Waals surface area contributed by atoms with Crippen molar-refractivity contribution in [2.75, 3.05) is 13.2 Å². The van der Waals surface area contributed by atoms with E-state index in [2.05, 4.69) is 140 Å². The van der Waals surface area contributed by atoms with Crippen molar-refractivity contribution >= 4 is 23.8 Å². The summed E-state index contributed by atoms with van der Waals surface area (Å²) in [5, 5.41) is 22.5. The highest BCUT2D eigenvalue weighted by molar-refractivity contribution is 5.87. The Morgan fingerprint density at radius 1 is 0.517 bits per heavy atom. The largest absolute Gasteiger partial charge is 0.480 e. The van der Waals surface area contributed by atoms with Crippen LogP contribution in [0, 0.1) is 0 Å². The maximum absolute atomic E-state index is 12.8. The van der Waals surface area contributed by atoms with Crippen LogP contribution in [0.2, 0.25) is 0 Å². The van der Waals surface area contributed by atoms with Gasteiger partial charge in [0.2, 0.25) is 11.8 Å². The van der Waals surface area contributed by atoms with Gasteiger partial charge in [-0.1, -0.05) is 149 Å². The number of rotatable bonds is 38. The molecule has 0 saturated heterocycles. The number of aliphatic carboxylic acids is 1. The Bertz CT molecular complexity index is 1410. The number of aliphatic hydroxyl groups excluding tert-OH is 1. The Balaban J connectivity index is 4.49. The highest BCUT2D eigenvalue weighted by Gasteiger charge is 2.18. The number of unbranched alkanes of at least 4 members (excludes halogenated alkanes) is 6. The predicted octanol–water partition coefficient (Wildman–Crippen LogP) is 11.4. The van der Waals surface area contributed by atoms with Crippen LogP contribution in [-0.2, 0) is 23.9 Å². The highest BCUT2D eigenvalue weighted by atomic mass is 16.5. The topological polar surface area (TPSA) is 142 Å². The van der Waals surface area contributed by atoms with Gasteiger partial charge in [-0.05, 0) is 109 Å². The van der Waals surface area contributed by atoms with E-state index in [1.165, 1.54) is 0 Å². The quantitative estimate of drug-likeness (QED) is 0.0276. The minimum absolute atomic E-state index is 0.167. The van der Waals surface area contributed by atoms with E-state index in [0.29, 0.717) is 12.8 Å². The molecule has 334 valence electrons. The number of ether oxygens (including phenoxy) is 1. The number of amides is 2. The van der Waals surface area contributed by atoms with Gasteiger partial charge < -0.3 is 25.6 Å². The first-order valence-electron chi connectivity index (χ1n) is 22.4. The lowest BCUT2D eigenvalue weighted by molar-refractivity contribution is -0.147. The summed E-state index contributed by atoms with van der Waals surface area (Å²) in [5.41, 5.74) is 0. The fraction of sp³-hybridized carbons (Fsp3) is 0.529. The molecule has 0 aromatic carbocycles. The van der Waals surface area contributed by atoms with Crippen LogP contribution in [0.15, 0.2) is 122 Å². The molecule has 2 atom stereocenters. The van der Waals surface area contributed by atoms with E-state index in [-0.39, 0.29) is 30.9 Å². The summed E-state index contributed by atoms with van der Waals surface area (Å²) in [6.45, 7) is 3.20. The van der Waals surface area contributed by atoms with E-state index in [1.807, 2.05) is 6.08 Å². The van der Waals surface area contributed by atoms with Gasteiger partial charge in [0.1, 0.15) is 12.1 Å². The molecule has 0 aromatic heterocycles. The Morgan fingerprint density at radius 3 is 1.43 bits per heavy atom. The minimum atomic E-state index is -1.40. The summed E-state index contributed by atoms with van der Waals surface area (Å²) in [7, 11) is 0. The molecular weight excluding hydrogens is 753 g/mol. The molecule has 0 aromatic rings. The lowest BCUT2D eigenvalue weighted by atomic mass is 10.1. The molecule has 0 fully saturated rings. The third-order valence-corrected chi connectivity index (χ3v) is 8.94. The Morgan fingerprint density at radius 2 is 0.950 bits per heavy atom. The van der Waals surface area contributed by atoms with Gasteiger partial charge in [-0.15, -0.1) is 0 Å². The molecular formula is C51H78N2O7. The van der Waals surface area contributed by atoms with Gasteiger partial charge in [0, 0.05) is 12.8 Å². The summed E-state index contributed by atoms with van der Waals surface area (Å²) < 4.78 is 5.90. The van der Waals surface area contributed by atoms with Gasteiger partial charge in [0.25, 0.3) is 0 Å². The lowest BCUT2D eigenvalue weighted by Crippen LogP contribution is -2.47. The molecule has 0 aliphatic heterocycles. The van der Waals surface area contributed by atoms with Crippen molar-refractivity contribution in [2.24, 2.45) is 0 Å². The first-order valence-corrected chi connectivity index (χ1v) is 22.4. The van der Waals surface area contributed by atoms with Crippen LogP contribution in [0.5, 0.6) is 0 Å². The first kappa shape index (κ1) is 55.2. The van der Waals surface area contributed by atoms with Gasteiger partial charge in [-0.3, -0.25) is 14.4 Å². The standard InChI is InChI=1S/C51H78N2O7/c1-3-5-7-9-11-13-15-16-17-18-19-20-21-22-23-24-26-28-30-35-39-43-50(57)60-46(40-36-32-29-27-25-14-12-10-8-6-4-2)41-37-33-31-34-38-42-48(55)52-44-49(56)53-47(45-54)51(58)59/h5-8,11-14,16-17,19-20,22-23,26-29,36,40,46-47,54H,3-4,9-10,15,18,21,24-25,30-35,37-39,41-45H2,1-2H3,(H,52,55)(H,53,56)(H,58,59)/b7-5-,8-6-,13-11-,14-12-,17-16-,20-19-,23-22-,28-26-,29-27-,40-36-. The van der Waals surface area contributed by atoms with Crippen LogP contribution in [0.25, 0.3) is 0 Å². The van der Waals surface area contributed by atoms with Crippen molar-refractivity contribution in [3.63, 3.8) is 0 Å². The zero-order valence-corrected chi connectivity index (χ0v) is 36.9. The Labute approximate surface area is 363 Å². The predicted molar refractivity (Wildman–Crippen MR) is 249 cm³/mol. The average Bonchev–Trinajstić information content (AvgIpc) is 3.23. The molecule has 2 unspecified atom stereocenters. The second-order valence-electron chi connectivity index (χ2n) is 14.4. The fourth-order valence-electron chi connectivity index (χ4n) is 5.57. The molecule has 2 amide bonds. The molecule has 4 N–H and O–H groups in total. The Kier molecular flexibility index (Phi) is 40.3. The lowest BCUT2D eigenvalue weighted by Gasteiger charge is -2.14. The van der Waals surface area contributed by atoms with Crippen molar-refractivity contribution in [3.05, 3.63) is 122 Å². The molecule has 9 nitrogen and oxygen atoms in total. The van der Waals surface area contributed by atoms with Crippen molar-refractivity contribution in [3.8, 4) is 0 Å². The molecule has 60 heavy (non-hydrogen) atoms. The van der Waals surface area contributed by atoms with E-state index in [1.54, 1.807) is 0 Å². The SMILES string of the molecule is CC/C=C\C/C=C\C/C=C\C/C=C\C/C=C\C/C=C\CCCCC(=O)OC(/C=C\C/C=C\C/C=C\C/C=C\CC)CCCCCCCC(=O)NCC(=O)NC(CO)C(=O)O. The number of nitrogens with one attached hydrogen (secondary N) is 2. The van der Waals surface area contributed by atoms with Crippen molar-refractivity contribution in [2.45, 2.75) is 161 Å². The highest BCUT2D eigenvalue weighted by Crippen LogP contribution is 2.14. The third kappa shape index (κ3) is 40.0. The van der Waals surface area contributed by atoms with E-state index >= 15 is 0 Å². The summed E-state index contributed by atoms with van der Waals surface area (Å²) in [6.07, 6.45) is 61.0. The fourth-order valence-corrected chi connectivity index (χ4v) is 5.57. The zero-order valence-electron chi connectivity index (χ0n) is 36.9. The summed E-state index contributed by atoms with van der Waals surface area (Å²) in [6, 6.07) is -1.40. The molecule has 0 aliphatic rings. The number of carbonyl (C=O) groups excluding carboxylic acids is 3. The van der Waals surface area contributed by atoms with Crippen LogP contribution in [0.3, 0.4) is 0 Å². The summed E-state index contributed by atoms with van der Waals surface area (Å²) in [5.74, 6) is -2.47. The van der Waals surface area contributed by atoms with E-state index in [9.17, 15) is 19.2 Å².